The molecule has 1 saturated carbocycles. The molecule has 3 atom stereocenters. The molecule has 2 aliphatic rings. The second-order valence-corrected chi connectivity index (χ2v) is 11.2. The molecule has 2 aromatic heterocycles. The van der Waals surface area contributed by atoms with Gasteiger partial charge in [-0.05, 0) is 80.8 Å². The molecule has 0 spiro atoms. The molecule has 1 N–H and O–H groups in total. The zero-order valence-electron chi connectivity index (χ0n) is 21.7. The number of hydrogen-bond acceptors (Lipinski definition) is 5. The number of nitrogens with zero attached hydrogens (tertiary/aromatic N) is 3. The molecule has 6 rings (SSSR count). The van der Waals surface area contributed by atoms with Crippen molar-refractivity contribution in [3.05, 3.63) is 82.2 Å². The molecule has 3 heterocycles. The smallest absolute Gasteiger partial charge is 0.376 e. The minimum atomic E-state index is -0.654. The molecule has 2 aromatic carbocycles. The fraction of sp³-hybridized carbons (Fsp3) is 0.414. The van der Waals surface area contributed by atoms with Crippen molar-refractivity contribution in [2.75, 3.05) is 18.6 Å². The first-order chi connectivity index (χ1) is 17.7. The van der Waals surface area contributed by atoms with E-state index in [-0.39, 0.29) is 17.4 Å². The standard InChI is InChI=1S/C29H32N4O4/c1-18-16-29(18,26-30-27(35)37-31-26)33-23-11-10-19(20-12-13-36-28(2,3)17-20)14-21(23)15-24(33)25(34)32(4)22-8-6-5-7-9-22/h5-11,14-15,18,20H,12-13,16-17H2,1-4H3,(H,30,31,35)/t18-,20?,29+/m0/s1. The molecule has 0 bridgehead atoms. The third-order valence-electron chi connectivity index (χ3n) is 8.18. The molecule has 8 heteroatoms. The second-order valence-electron chi connectivity index (χ2n) is 11.2. The number of amides is 1. The van der Waals surface area contributed by atoms with Crippen LogP contribution in [0.5, 0.6) is 0 Å². The molecule has 1 unspecified atom stereocenters. The summed E-state index contributed by atoms with van der Waals surface area (Å²) in [5.41, 5.74) is 2.74. The number of hydrogen-bond donors (Lipinski definition) is 1. The summed E-state index contributed by atoms with van der Waals surface area (Å²) in [5, 5.41) is 5.07. The Morgan fingerprint density at radius 2 is 1.89 bits per heavy atom. The second kappa shape index (κ2) is 8.45. The number of rotatable bonds is 5. The van der Waals surface area contributed by atoms with E-state index in [1.807, 2.05) is 36.4 Å². The first kappa shape index (κ1) is 23.7. The van der Waals surface area contributed by atoms with Crippen molar-refractivity contribution in [3.63, 3.8) is 0 Å². The summed E-state index contributed by atoms with van der Waals surface area (Å²) in [6.07, 6.45) is 2.66. The molecule has 0 radical (unpaired) electrons. The van der Waals surface area contributed by atoms with Gasteiger partial charge in [0.1, 0.15) is 11.2 Å². The maximum atomic E-state index is 14.0. The molecule has 8 nitrogen and oxygen atoms in total. The van der Waals surface area contributed by atoms with Crippen molar-refractivity contribution in [2.24, 2.45) is 5.92 Å². The Bertz CT molecular complexity index is 1530. The van der Waals surface area contributed by atoms with Gasteiger partial charge in [0.2, 0.25) is 0 Å². The third kappa shape index (κ3) is 3.91. The lowest BCUT2D eigenvalue weighted by atomic mass is 9.83. The number of aromatic amines is 1. The first-order valence-electron chi connectivity index (χ1n) is 12.9. The fourth-order valence-corrected chi connectivity index (χ4v) is 6.10. The van der Waals surface area contributed by atoms with Crippen molar-refractivity contribution >= 4 is 22.5 Å². The number of anilines is 1. The molecule has 4 aromatic rings. The van der Waals surface area contributed by atoms with E-state index in [0.29, 0.717) is 17.4 Å². The molecule has 1 amide bonds. The van der Waals surface area contributed by atoms with E-state index in [0.717, 1.165) is 42.5 Å². The van der Waals surface area contributed by atoms with Gasteiger partial charge in [0, 0.05) is 30.2 Å². The molecule has 37 heavy (non-hydrogen) atoms. The molecule has 1 aliphatic carbocycles. The van der Waals surface area contributed by atoms with Crippen LogP contribution in [0.3, 0.4) is 0 Å². The van der Waals surface area contributed by atoms with Crippen LogP contribution in [0.2, 0.25) is 0 Å². The summed E-state index contributed by atoms with van der Waals surface area (Å²) >= 11 is 0. The SMILES string of the molecule is C[C@H]1C[C@@]1(c1noc(=O)[nH]1)n1c(C(=O)N(C)c2ccccc2)cc2cc(C3CCOC(C)(C)C3)ccc21. The van der Waals surface area contributed by atoms with Gasteiger partial charge in [-0.2, -0.15) is 0 Å². The van der Waals surface area contributed by atoms with Crippen LogP contribution in [0.15, 0.2) is 63.9 Å². The zero-order chi connectivity index (χ0) is 25.9. The average Bonchev–Trinajstić information content (AvgIpc) is 3.19. The topological polar surface area (TPSA) is 93.4 Å². The Kier molecular flexibility index (Phi) is 5.42. The number of ether oxygens (including phenoxy) is 1. The number of fused-ring (bicyclic) bond motifs is 1. The normalized spacial score (nSPS) is 24.8. The largest absolute Gasteiger partial charge is 0.438 e. The van der Waals surface area contributed by atoms with Crippen molar-refractivity contribution in [1.29, 1.82) is 0 Å². The highest BCUT2D eigenvalue weighted by Gasteiger charge is 2.59. The molecule has 1 aliphatic heterocycles. The lowest BCUT2D eigenvalue weighted by Crippen LogP contribution is -2.33. The van der Waals surface area contributed by atoms with E-state index in [1.165, 1.54) is 5.56 Å². The van der Waals surface area contributed by atoms with Crippen LogP contribution in [-0.4, -0.2) is 39.9 Å². The molecule has 192 valence electrons. The Morgan fingerprint density at radius 1 is 1.14 bits per heavy atom. The molecular weight excluding hydrogens is 468 g/mol. The van der Waals surface area contributed by atoms with E-state index < -0.39 is 11.3 Å². The van der Waals surface area contributed by atoms with Crippen LogP contribution in [0.4, 0.5) is 5.69 Å². The van der Waals surface area contributed by atoms with Gasteiger partial charge in [-0.1, -0.05) is 36.3 Å². The number of H-pyrrole nitrogens is 1. The summed E-state index contributed by atoms with van der Waals surface area (Å²) in [7, 11) is 1.79. The lowest BCUT2D eigenvalue weighted by Gasteiger charge is -2.35. The van der Waals surface area contributed by atoms with Gasteiger partial charge in [0.05, 0.1) is 5.60 Å². The highest BCUT2D eigenvalue weighted by molar-refractivity contribution is 6.08. The third-order valence-corrected chi connectivity index (χ3v) is 8.18. The predicted octanol–water partition coefficient (Wildman–Crippen LogP) is 5.05. The van der Waals surface area contributed by atoms with Gasteiger partial charge in [0.15, 0.2) is 5.82 Å². The van der Waals surface area contributed by atoms with Gasteiger partial charge in [-0.25, -0.2) is 4.79 Å². The lowest BCUT2D eigenvalue weighted by molar-refractivity contribution is -0.0592. The predicted molar refractivity (Wildman–Crippen MR) is 141 cm³/mol. The summed E-state index contributed by atoms with van der Waals surface area (Å²) in [4.78, 5) is 30.3. The summed E-state index contributed by atoms with van der Waals surface area (Å²) < 4.78 is 12.9. The van der Waals surface area contributed by atoms with Crippen molar-refractivity contribution in [1.82, 2.24) is 14.7 Å². The summed E-state index contributed by atoms with van der Waals surface area (Å²) in [5.74, 6) is 0.287. The summed E-state index contributed by atoms with van der Waals surface area (Å²) in [6, 6.07) is 18.1. The van der Waals surface area contributed by atoms with Crippen LogP contribution in [0.25, 0.3) is 10.9 Å². The van der Waals surface area contributed by atoms with Crippen molar-refractivity contribution in [3.8, 4) is 0 Å². The van der Waals surface area contributed by atoms with Crippen LogP contribution >= 0.6 is 0 Å². The van der Waals surface area contributed by atoms with Crippen LogP contribution < -0.4 is 10.7 Å². The maximum Gasteiger partial charge on any atom is 0.438 e. The van der Waals surface area contributed by atoms with Gasteiger partial charge < -0.3 is 14.2 Å². The van der Waals surface area contributed by atoms with Crippen molar-refractivity contribution in [2.45, 2.75) is 57.1 Å². The highest BCUT2D eigenvalue weighted by atomic mass is 16.5. The van der Waals surface area contributed by atoms with E-state index in [9.17, 15) is 9.59 Å². The van der Waals surface area contributed by atoms with E-state index in [1.54, 1.807) is 11.9 Å². The number of benzene rings is 2. The minimum absolute atomic E-state index is 0.125. The van der Waals surface area contributed by atoms with Crippen LogP contribution in [0.1, 0.15) is 67.8 Å². The van der Waals surface area contributed by atoms with Crippen LogP contribution in [-0.2, 0) is 10.3 Å². The van der Waals surface area contributed by atoms with Gasteiger partial charge >= 0.3 is 5.76 Å². The quantitative estimate of drug-likeness (QED) is 0.414. The monoisotopic (exact) mass is 500 g/mol. The fourth-order valence-electron chi connectivity index (χ4n) is 6.10. The zero-order valence-corrected chi connectivity index (χ0v) is 21.7. The van der Waals surface area contributed by atoms with Crippen LogP contribution in [0, 0.1) is 5.92 Å². The van der Waals surface area contributed by atoms with E-state index >= 15 is 0 Å². The number of carbonyl (C=O) groups is 1. The first-order valence-corrected chi connectivity index (χ1v) is 12.9. The minimum Gasteiger partial charge on any atom is -0.376 e. The Hall–Kier alpha value is -3.65. The Labute approximate surface area is 215 Å². The molecular formula is C29H32N4O4. The highest BCUT2D eigenvalue weighted by Crippen LogP contribution is 2.56. The van der Waals surface area contributed by atoms with Gasteiger partial charge in [-0.3, -0.25) is 14.3 Å². The Morgan fingerprint density at radius 3 is 2.54 bits per heavy atom. The van der Waals surface area contributed by atoms with Crippen molar-refractivity contribution < 1.29 is 14.1 Å². The van der Waals surface area contributed by atoms with E-state index in [4.69, 9.17) is 9.26 Å². The number of aromatic nitrogens is 3. The van der Waals surface area contributed by atoms with Gasteiger partial charge in [-0.15, -0.1) is 0 Å². The maximum absolute atomic E-state index is 14.0. The number of carbonyl (C=O) groups excluding carboxylic acids is 1. The molecule has 1 saturated heterocycles. The number of para-hydroxylation sites is 1. The molecule has 2 fully saturated rings. The van der Waals surface area contributed by atoms with Gasteiger partial charge in [0.25, 0.3) is 5.91 Å². The summed E-state index contributed by atoms with van der Waals surface area (Å²) in [6.45, 7) is 7.12. The van der Waals surface area contributed by atoms with E-state index in [2.05, 4.69) is 53.7 Å². The average molecular weight is 501 g/mol. The Balaban J connectivity index is 1.51. The number of nitrogens with one attached hydrogen (secondary N) is 1.